The summed E-state index contributed by atoms with van der Waals surface area (Å²) in [5.74, 6) is 0.208. The number of hydrogen-bond donors (Lipinski definition) is 2. The van der Waals surface area contributed by atoms with Crippen LogP contribution in [-0.4, -0.2) is 33.1 Å². The molecule has 2 rings (SSSR count). The third-order valence-electron chi connectivity index (χ3n) is 2.92. The van der Waals surface area contributed by atoms with Gasteiger partial charge in [-0.05, 0) is 25.1 Å². The second-order valence-corrected chi connectivity index (χ2v) is 4.79. The number of methoxy groups -OCH3 is 1. The van der Waals surface area contributed by atoms with E-state index in [-0.39, 0.29) is 12.5 Å². The lowest BCUT2D eigenvalue weighted by molar-refractivity contribution is -0.119. The Bertz CT molecular complexity index is 644. The maximum Gasteiger partial charge on any atom is 0.249 e. The maximum atomic E-state index is 12.2. The minimum atomic E-state index is -0.596. The average Bonchev–Trinajstić information content (AvgIpc) is 2.95. The molecule has 7 nitrogen and oxygen atoms in total. The lowest BCUT2D eigenvalue weighted by atomic mass is 10.2. The fourth-order valence-corrected chi connectivity index (χ4v) is 1.88. The number of benzene rings is 1. The second kappa shape index (κ2) is 6.55. The van der Waals surface area contributed by atoms with Gasteiger partial charge in [-0.3, -0.25) is 4.79 Å². The highest BCUT2D eigenvalue weighted by molar-refractivity contribution is 6.31. The summed E-state index contributed by atoms with van der Waals surface area (Å²) >= 11 is 5.91. The Kier molecular flexibility index (Phi) is 4.77. The Morgan fingerprint density at radius 3 is 2.95 bits per heavy atom. The molecule has 1 unspecified atom stereocenters. The van der Waals surface area contributed by atoms with Gasteiger partial charge in [-0.15, -0.1) is 5.10 Å². The van der Waals surface area contributed by atoms with Crippen LogP contribution in [0, 0.1) is 0 Å². The van der Waals surface area contributed by atoms with Gasteiger partial charge in [-0.2, -0.15) is 0 Å². The predicted molar refractivity (Wildman–Crippen MR) is 77.3 cm³/mol. The van der Waals surface area contributed by atoms with E-state index in [9.17, 15) is 4.79 Å². The van der Waals surface area contributed by atoms with Crippen molar-refractivity contribution in [2.75, 3.05) is 12.4 Å². The summed E-state index contributed by atoms with van der Waals surface area (Å²) in [6, 6.07) is 4.35. The Morgan fingerprint density at radius 2 is 2.33 bits per heavy atom. The van der Waals surface area contributed by atoms with Crippen LogP contribution in [0.2, 0.25) is 5.02 Å². The van der Waals surface area contributed by atoms with Crippen LogP contribution in [0.1, 0.15) is 18.7 Å². The number of nitrogens with zero attached hydrogens (tertiary/aromatic N) is 3. The molecule has 0 aliphatic carbocycles. The molecule has 0 saturated carbocycles. The third kappa shape index (κ3) is 3.50. The summed E-state index contributed by atoms with van der Waals surface area (Å²) in [6.07, 6.45) is 1.51. The zero-order valence-corrected chi connectivity index (χ0v) is 12.3. The molecule has 112 valence electrons. The molecule has 0 bridgehead atoms. The molecule has 0 saturated heterocycles. The van der Waals surface area contributed by atoms with Gasteiger partial charge in [0.15, 0.2) is 0 Å². The molecule has 1 amide bonds. The van der Waals surface area contributed by atoms with Crippen molar-refractivity contribution >= 4 is 23.2 Å². The molecule has 0 spiro atoms. The highest BCUT2D eigenvalue weighted by atomic mass is 35.5. The SMILES string of the molecule is COc1ccc(Cl)cc1NC(=O)C(C)n1cc(CO)nn1. The molecule has 0 radical (unpaired) electrons. The Hall–Kier alpha value is -2.12. The molecule has 1 atom stereocenters. The first-order valence-electron chi connectivity index (χ1n) is 6.21. The van der Waals surface area contributed by atoms with Gasteiger partial charge in [0.2, 0.25) is 5.91 Å². The normalized spacial score (nSPS) is 12.0. The predicted octanol–water partition coefficient (Wildman–Crippen LogP) is 1.63. The first-order valence-corrected chi connectivity index (χ1v) is 6.59. The van der Waals surface area contributed by atoms with Crippen LogP contribution in [0.3, 0.4) is 0 Å². The molecule has 2 N–H and O–H groups in total. The van der Waals surface area contributed by atoms with E-state index in [2.05, 4.69) is 15.6 Å². The monoisotopic (exact) mass is 310 g/mol. The van der Waals surface area contributed by atoms with E-state index < -0.39 is 6.04 Å². The highest BCUT2D eigenvalue weighted by Gasteiger charge is 2.18. The largest absolute Gasteiger partial charge is 0.495 e. The van der Waals surface area contributed by atoms with E-state index in [1.807, 2.05) is 0 Å². The van der Waals surface area contributed by atoms with Gasteiger partial charge < -0.3 is 15.2 Å². The Balaban J connectivity index is 2.15. The molecule has 21 heavy (non-hydrogen) atoms. The van der Waals surface area contributed by atoms with E-state index in [0.717, 1.165) is 0 Å². The number of carbonyl (C=O) groups excluding carboxylic acids is 1. The molecule has 0 aliphatic rings. The molecule has 8 heteroatoms. The second-order valence-electron chi connectivity index (χ2n) is 4.36. The van der Waals surface area contributed by atoms with Crippen LogP contribution in [-0.2, 0) is 11.4 Å². The topological polar surface area (TPSA) is 89.3 Å². The number of rotatable bonds is 5. The van der Waals surface area contributed by atoms with Crippen LogP contribution in [0.25, 0.3) is 0 Å². The van der Waals surface area contributed by atoms with Crippen molar-refractivity contribution in [1.29, 1.82) is 0 Å². The van der Waals surface area contributed by atoms with Gasteiger partial charge in [0.05, 0.1) is 25.6 Å². The zero-order chi connectivity index (χ0) is 15.4. The number of hydrogen-bond acceptors (Lipinski definition) is 5. The molecule has 1 aromatic heterocycles. The standard InChI is InChI=1S/C13H15ClN4O3/c1-8(18-6-10(7-19)16-17-18)13(20)15-11-5-9(14)3-4-12(11)21-2/h3-6,8,19H,7H2,1-2H3,(H,15,20). The van der Waals surface area contributed by atoms with Crippen molar-refractivity contribution in [2.24, 2.45) is 0 Å². The van der Waals surface area contributed by atoms with E-state index in [1.165, 1.54) is 18.0 Å². The quantitative estimate of drug-likeness (QED) is 0.876. The molecule has 0 aliphatic heterocycles. The number of ether oxygens (including phenoxy) is 1. The van der Waals surface area contributed by atoms with Crippen LogP contribution in [0.4, 0.5) is 5.69 Å². The Morgan fingerprint density at radius 1 is 1.57 bits per heavy atom. The van der Waals surface area contributed by atoms with Gasteiger partial charge in [-0.1, -0.05) is 16.8 Å². The van der Waals surface area contributed by atoms with Crippen molar-refractivity contribution in [3.63, 3.8) is 0 Å². The fourth-order valence-electron chi connectivity index (χ4n) is 1.71. The lowest BCUT2D eigenvalue weighted by Crippen LogP contribution is -2.24. The highest BCUT2D eigenvalue weighted by Crippen LogP contribution is 2.28. The number of nitrogens with one attached hydrogen (secondary N) is 1. The smallest absolute Gasteiger partial charge is 0.249 e. The molecule has 0 fully saturated rings. The summed E-state index contributed by atoms with van der Waals surface area (Å²) in [4.78, 5) is 12.2. The van der Waals surface area contributed by atoms with Crippen molar-refractivity contribution < 1.29 is 14.6 Å². The molecule has 2 aromatic rings. The maximum absolute atomic E-state index is 12.2. The number of halogens is 1. The fraction of sp³-hybridized carbons (Fsp3) is 0.308. The van der Waals surface area contributed by atoms with Crippen molar-refractivity contribution in [3.8, 4) is 5.75 Å². The van der Waals surface area contributed by atoms with Crippen LogP contribution in [0.15, 0.2) is 24.4 Å². The summed E-state index contributed by atoms with van der Waals surface area (Å²) in [7, 11) is 1.51. The number of aromatic nitrogens is 3. The summed E-state index contributed by atoms with van der Waals surface area (Å²) in [5.41, 5.74) is 0.874. The number of amides is 1. The van der Waals surface area contributed by atoms with E-state index in [1.54, 1.807) is 25.1 Å². The lowest BCUT2D eigenvalue weighted by Gasteiger charge is -2.14. The summed E-state index contributed by atoms with van der Waals surface area (Å²) in [6.45, 7) is 1.44. The first kappa shape index (κ1) is 15.3. The zero-order valence-electron chi connectivity index (χ0n) is 11.6. The van der Waals surface area contributed by atoms with E-state index >= 15 is 0 Å². The van der Waals surface area contributed by atoms with Gasteiger partial charge in [0, 0.05) is 5.02 Å². The number of aliphatic hydroxyl groups excluding tert-OH is 1. The van der Waals surface area contributed by atoms with Crippen LogP contribution < -0.4 is 10.1 Å². The van der Waals surface area contributed by atoms with Gasteiger partial charge >= 0.3 is 0 Å². The van der Waals surface area contributed by atoms with Crippen LogP contribution >= 0.6 is 11.6 Å². The third-order valence-corrected chi connectivity index (χ3v) is 3.15. The Labute approximate surface area is 126 Å². The summed E-state index contributed by atoms with van der Waals surface area (Å²) in [5, 5.41) is 19.7. The van der Waals surface area contributed by atoms with E-state index in [0.29, 0.717) is 22.2 Å². The molecular formula is C13H15ClN4O3. The molecule has 1 aromatic carbocycles. The minimum absolute atomic E-state index is 0.226. The molecule has 1 heterocycles. The first-order chi connectivity index (χ1) is 10.0. The minimum Gasteiger partial charge on any atom is -0.495 e. The average molecular weight is 311 g/mol. The van der Waals surface area contributed by atoms with Crippen LogP contribution in [0.5, 0.6) is 5.75 Å². The van der Waals surface area contributed by atoms with Gasteiger partial charge in [0.1, 0.15) is 17.5 Å². The van der Waals surface area contributed by atoms with Gasteiger partial charge in [0.25, 0.3) is 0 Å². The van der Waals surface area contributed by atoms with E-state index in [4.69, 9.17) is 21.4 Å². The molecular weight excluding hydrogens is 296 g/mol. The number of carbonyl (C=O) groups is 1. The summed E-state index contributed by atoms with van der Waals surface area (Å²) < 4.78 is 6.54. The number of aliphatic hydroxyl groups is 1. The van der Waals surface area contributed by atoms with Gasteiger partial charge in [-0.25, -0.2) is 4.68 Å². The van der Waals surface area contributed by atoms with Crippen molar-refractivity contribution in [1.82, 2.24) is 15.0 Å². The van der Waals surface area contributed by atoms with Crippen molar-refractivity contribution in [2.45, 2.75) is 19.6 Å². The van der Waals surface area contributed by atoms with Crippen molar-refractivity contribution in [3.05, 3.63) is 35.1 Å². The number of anilines is 1.